The van der Waals surface area contributed by atoms with E-state index in [0.29, 0.717) is 12.2 Å². The van der Waals surface area contributed by atoms with Crippen molar-refractivity contribution in [2.45, 2.75) is 6.54 Å². The van der Waals surface area contributed by atoms with E-state index in [1.165, 1.54) is 4.40 Å². The molecule has 3 aromatic heterocycles. The molecule has 0 saturated heterocycles. The molecule has 0 aliphatic rings. The lowest BCUT2D eigenvalue weighted by Gasteiger charge is -2.02. The van der Waals surface area contributed by atoms with Crippen LogP contribution >= 0.6 is 0 Å². The summed E-state index contributed by atoms with van der Waals surface area (Å²) in [5.74, 6) is 0.189. The molecule has 3 rings (SSSR count). The van der Waals surface area contributed by atoms with Crippen LogP contribution < -0.4 is 5.32 Å². The summed E-state index contributed by atoms with van der Waals surface area (Å²) in [6, 6.07) is 8.95. The Morgan fingerprint density at radius 1 is 1.30 bits per heavy atom. The summed E-state index contributed by atoms with van der Waals surface area (Å²) in [4.78, 5) is 19.0. The molecule has 0 saturated carbocycles. The lowest BCUT2D eigenvalue weighted by atomic mass is 10.3. The third-order valence-electron chi connectivity index (χ3n) is 2.86. The van der Waals surface area contributed by atoms with Gasteiger partial charge in [0.1, 0.15) is 0 Å². The zero-order valence-corrected chi connectivity index (χ0v) is 10.4. The Morgan fingerprint density at radius 2 is 2.20 bits per heavy atom. The normalized spacial score (nSPS) is 10.6. The molecule has 0 atom stereocenters. The fraction of sp³-hybridized carbons (Fsp3) is 0.0769. The van der Waals surface area contributed by atoms with Gasteiger partial charge in [-0.3, -0.25) is 4.98 Å². The number of rotatable bonds is 4. The van der Waals surface area contributed by atoms with Crippen molar-refractivity contribution in [1.82, 2.24) is 14.4 Å². The second-order valence-corrected chi connectivity index (χ2v) is 4.18. The Balaban J connectivity index is 1.95. The summed E-state index contributed by atoms with van der Waals surface area (Å²) in [6.45, 7) is 0.429. The molecule has 0 spiro atoms. The highest BCUT2D eigenvalue weighted by Gasteiger charge is 2.21. The van der Waals surface area contributed by atoms with Crippen molar-refractivity contribution in [3.8, 4) is 0 Å². The van der Waals surface area contributed by atoms with Crippen LogP contribution in [0, 0.1) is 10.1 Å². The maximum atomic E-state index is 11.2. The van der Waals surface area contributed by atoms with E-state index in [1.54, 1.807) is 36.8 Å². The highest BCUT2D eigenvalue weighted by atomic mass is 16.6. The minimum absolute atomic E-state index is 0.0653. The molecule has 7 heteroatoms. The van der Waals surface area contributed by atoms with Crippen molar-refractivity contribution in [3.63, 3.8) is 0 Å². The van der Waals surface area contributed by atoms with Gasteiger partial charge in [0.25, 0.3) is 0 Å². The number of anilines is 1. The van der Waals surface area contributed by atoms with Crippen molar-refractivity contribution in [2.24, 2.45) is 0 Å². The number of pyridine rings is 2. The van der Waals surface area contributed by atoms with Crippen LogP contribution in [-0.4, -0.2) is 19.3 Å². The smallest absolute Gasteiger partial charge is 0.359 e. The van der Waals surface area contributed by atoms with Crippen LogP contribution in [0.15, 0.2) is 48.9 Å². The highest BCUT2D eigenvalue weighted by molar-refractivity contribution is 5.62. The number of nitrogens with zero attached hydrogens (tertiary/aromatic N) is 4. The number of aromatic nitrogens is 3. The van der Waals surface area contributed by atoms with Gasteiger partial charge in [0.2, 0.25) is 11.5 Å². The number of hydrogen-bond donors (Lipinski definition) is 1. The average Bonchev–Trinajstić information content (AvgIpc) is 2.84. The number of fused-ring (bicyclic) bond motifs is 1. The summed E-state index contributed by atoms with van der Waals surface area (Å²) >= 11 is 0. The third kappa shape index (κ3) is 2.16. The molecular weight excluding hydrogens is 258 g/mol. The predicted octanol–water partition coefficient (Wildman–Crippen LogP) is 2.25. The first-order valence-electron chi connectivity index (χ1n) is 6.00. The molecule has 0 fully saturated rings. The zero-order chi connectivity index (χ0) is 13.9. The SMILES string of the molecule is O=[N+]([O-])c1c(NCc2cccnc2)nc2ccccn12. The number of nitrogens with one attached hydrogen (secondary N) is 1. The summed E-state index contributed by atoms with van der Waals surface area (Å²) in [5, 5.41) is 14.2. The van der Waals surface area contributed by atoms with Gasteiger partial charge in [0.15, 0.2) is 0 Å². The lowest BCUT2D eigenvalue weighted by Crippen LogP contribution is -2.03. The van der Waals surface area contributed by atoms with Gasteiger partial charge in [-0.2, -0.15) is 9.38 Å². The fourth-order valence-electron chi connectivity index (χ4n) is 1.96. The van der Waals surface area contributed by atoms with Crippen LogP contribution in [0.1, 0.15) is 5.56 Å². The topological polar surface area (TPSA) is 85.4 Å². The van der Waals surface area contributed by atoms with Crippen LogP contribution in [0.2, 0.25) is 0 Å². The van der Waals surface area contributed by atoms with E-state index >= 15 is 0 Å². The van der Waals surface area contributed by atoms with Gasteiger partial charge in [-0.25, -0.2) is 0 Å². The Bertz CT molecular complexity index is 754. The minimum Gasteiger partial charge on any atom is -0.359 e. The van der Waals surface area contributed by atoms with Gasteiger partial charge < -0.3 is 15.4 Å². The molecule has 0 bridgehead atoms. The van der Waals surface area contributed by atoms with Crippen molar-refractivity contribution < 1.29 is 4.92 Å². The predicted molar refractivity (Wildman–Crippen MR) is 73.4 cm³/mol. The Kier molecular flexibility index (Phi) is 3.00. The molecule has 1 N–H and O–H groups in total. The quantitative estimate of drug-likeness (QED) is 0.580. The summed E-state index contributed by atoms with van der Waals surface area (Å²) < 4.78 is 1.45. The van der Waals surface area contributed by atoms with Gasteiger partial charge in [-0.1, -0.05) is 12.1 Å². The van der Waals surface area contributed by atoms with Crippen molar-refractivity contribution in [3.05, 3.63) is 64.6 Å². The van der Waals surface area contributed by atoms with E-state index < -0.39 is 4.92 Å². The number of nitro groups is 1. The molecule has 0 unspecified atom stereocenters. The Labute approximate surface area is 114 Å². The van der Waals surface area contributed by atoms with Crippen molar-refractivity contribution in [1.29, 1.82) is 0 Å². The second kappa shape index (κ2) is 4.96. The van der Waals surface area contributed by atoms with E-state index in [9.17, 15) is 10.1 Å². The minimum atomic E-state index is -0.439. The lowest BCUT2D eigenvalue weighted by molar-refractivity contribution is -0.389. The Morgan fingerprint density at radius 3 is 2.95 bits per heavy atom. The van der Waals surface area contributed by atoms with Gasteiger partial charge in [0.05, 0.1) is 6.20 Å². The maximum absolute atomic E-state index is 11.2. The van der Waals surface area contributed by atoms with Crippen LogP contribution in [0.3, 0.4) is 0 Å². The summed E-state index contributed by atoms with van der Waals surface area (Å²) in [6.07, 6.45) is 5.00. The van der Waals surface area contributed by atoms with E-state index in [1.807, 2.05) is 12.1 Å². The van der Waals surface area contributed by atoms with E-state index in [-0.39, 0.29) is 11.6 Å². The largest absolute Gasteiger partial charge is 0.372 e. The van der Waals surface area contributed by atoms with Crippen molar-refractivity contribution >= 4 is 17.3 Å². The van der Waals surface area contributed by atoms with Gasteiger partial charge >= 0.3 is 5.82 Å². The second-order valence-electron chi connectivity index (χ2n) is 4.18. The van der Waals surface area contributed by atoms with Crippen LogP contribution in [0.5, 0.6) is 0 Å². The molecule has 0 aromatic carbocycles. The first kappa shape index (κ1) is 12.1. The monoisotopic (exact) mass is 269 g/mol. The molecule has 3 heterocycles. The van der Waals surface area contributed by atoms with E-state index in [0.717, 1.165) is 5.56 Å². The molecule has 0 radical (unpaired) electrons. The summed E-state index contributed by atoms with van der Waals surface area (Å²) in [7, 11) is 0. The van der Waals surface area contributed by atoms with Crippen LogP contribution in [0.25, 0.3) is 5.65 Å². The molecule has 0 aliphatic carbocycles. The standard InChI is InChI=1S/C13H11N5O2/c19-18(20)13-12(15-9-10-4-3-6-14-8-10)16-11-5-1-2-7-17(11)13/h1-8,15H,9H2. The summed E-state index contributed by atoms with van der Waals surface area (Å²) in [5.41, 5.74) is 1.46. The van der Waals surface area contributed by atoms with Gasteiger partial charge in [-0.05, 0) is 22.6 Å². The average molecular weight is 269 g/mol. The fourth-order valence-corrected chi connectivity index (χ4v) is 1.96. The first-order valence-corrected chi connectivity index (χ1v) is 6.00. The highest BCUT2D eigenvalue weighted by Crippen LogP contribution is 2.25. The molecule has 20 heavy (non-hydrogen) atoms. The number of imidazole rings is 1. The van der Waals surface area contributed by atoms with Crippen LogP contribution in [-0.2, 0) is 6.54 Å². The first-order chi connectivity index (χ1) is 9.75. The zero-order valence-electron chi connectivity index (χ0n) is 10.4. The molecule has 3 aromatic rings. The van der Waals surface area contributed by atoms with Crippen LogP contribution in [0.4, 0.5) is 11.6 Å². The number of hydrogen-bond acceptors (Lipinski definition) is 5. The maximum Gasteiger partial charge on any atom is 0.372 e. The van der Waals surface area contributed by atoms with Crippen molar-refractivity contribution in [2.75, 3.05) is 5.32 Å². The third-order valence-corrected chi connectivity index (χ3v) is 2.86. The molecule has 7 nitrogen and oxygen atoms in total. The molecule has 0 amide bonds. The van der Waals surface area contributed by atoms with E-state index in [2.05, 4.69) is 15.3 Å². The van der Waals surface area contributed by atoms with E-state index in [4.69, 9.17) is 0 Å². The van der Waals surface area contributed by atoms with Gasteiger partial charge in [-0.15, -0.1) is 0 Å². The Hall–Kier alpha value is -2.96. The molecular formula is C13H11N5O2. The molecule has 100 valence electrons. The molecule has 0 aliphatic heterocycles. The van der Waals surface area contributed by atoms with Gasteiger partial charge in [0, 0.05) is 25.0 Å².